The van der Waals surface area contributed by atoms with E-state index < -0.39 is 0 Å². The summed E-state index contributed by atoms with van der Waals surface area (Å²) in [6.45, 7) is 0. The first-order chi connectivity index (χ1) is 2.91. The third kappa shape index (κ3) is 3.70. The Kier molecular flexibility index (Phi) is 4.46. The maximum Gasteiger partial charge on any atom is 0.107 e. The highest BCUT2D eigenvalue weighted by Crippen LogP contribution is 2.08. The molecular formula is CH4N3OP. The molecule has 0 spiro atoms. The predicted molar refractivity (Wildman–Crippen MR) is 24.5 cm³/mol. The van der Waals surface area contributed by atoms with Gasteiger partial charge in [0, 0.05) is 12.0 Å². The Hall–Kier alpha value is -0.300. The molecule has 0 bridgehead atoms. The highest BCUT2D eigenvalue weighted by atomic mass is 31.1. The van der Waals surface area contributed by atoms with Crippen LogP contribution in [0.4, 0.5) is 0 Å². The van der Waals surface area contributed by atoms with E-state index in [9.17, 15) is 0 Å². The van der Waals surface area contributed by atoms with Crippen molar-refractivity contribution in [1.82, 2.24) is 0 Å². The molecule has 0 saturated carbocycles. The first kappa shape index (κ1) is 5.70. The van der Waals surface area contributed by atoms with E-state index in [1.807, 2.05) is 0 Å². The van der Waals surface area contributed by atoms with Crippen molar-refractivity contribution >= 4 is 8.96 Å². The van der Waals surface area contributed by atoms with Gasteiger partial charge in [-0.25, -0.2) is 0 Å². The molecule has 0 aromatic carbocycles. The molecule has 0 radical (unpaired) electrons. The van der Waals surface area contributed by atoms with Gasteiger partial charge in [-0.2, -0.15) is 0 Å². The van der Waals surface area contributed by atoms with Crippen LogP contribution in [0.15, 0.2) is 4.88 Å². The Morgan fingerprint density at radius 2 is 2.67 bits per heavy atom. The molecule has 0 rings (SSSR count). The Morgan fingerprint density at radius 3 is 2.83 bits per heavy atom. The van der Waals surface area contributed by atoms with Crippen molar-refractivity contribution in [1.29, 1.82) is 0 Å². The van der Waals surface area contributed by atoms with Crippen LogP contribution in [0.5, 0.6) is 0 Å². The summed E-state index contributed by atoms with van der Waals surface area (Å²) in [5, 5.41) is 0. The molecule has 0 aromatic heterocycles. The first-order valence-corrected chi connectivity index (χ1v) is 2.09. The standard InChI is InChI=1S/CH4N3OP/c1-5-6-4-3-2/h6H,1H3. The zero-order valence-electron chi connectivity index (χ0n) is 3.25. The van der Waals surface area contributed by atoms with Gasteiger partial charge in [0.15, 0.2) is 0 Å². The van der Waals surface area contributed by atoms with E-state index in [1.54, 1.807) is 0 Å². The van der Waals surface area contributed by atoms with Gasteiger partial charge in [0.2, 0.25) is 0 Å². The predicted octanol–water partition coefficient (Wildman–Crippen LogP) is 1.45. The second-order valence-electron chi connectivity index (χ2n) is 0.485. The van der Waals surface area contributed by atoms with Crippen LogP contribution in [0, 0.1) is 0 Å². The second-order valence-corrected chi connectivity index (χ2v) is 1.28. The van der Waals surface area contributed by atoms with Crippen molar-refractivity contribution in [3.8, 4) is 0 Å². The molecule has 6 heavy (non-hydrogen) atoms. The third-order valence-electron chi connectivity index (χ3n) is 0.177. The first-order valence-electron chi connectivity index (χ1n) is 1.24. The molecule has 0 fully saturated rings. The number of hydrogen-bond donors (Lipinski definition) is 0. The Morgan fingerprint density at radius 1 is 2.00 bits per heavy atom. The summed E-state index contributed by atoms with van der Waals surface area (Å²) >= 11 is 0. The average Bonchev–Trinajstić information content (AvgIpc) is 1.61. The molecular weight excluding hydrogens is 101 g/mol. The van der Waals surface area contributed by atoms with Gasteiger partial charge in [-0.15, -0.1) is 0 Å². The summed E-state index contributed by atoms with van der Waals surface area (Å²) < 4.78 is 4.39. The van der Waals surface area contributed by atoms with Crippen LogP contribution in [-0.2, 0) is 4.52 Å². The normalized spacial score (nSPS) is 8.83. The van der Waals surface area contributed by atoms with Gasteiger partial charge >= 0.3 is 0 Å². The Bertz CT molecular complexity index is 67.2. The summed E-state index contributed by atoms with van der Waals surface area (Å²) in [5.74, 6) is 0. The molecule has 1 unspecified atom stereocenters. The van der Waals surface area contributed by atoms with Crippen LogP contribution >= 0.6 is 8.96 Å². The van der Waals surface area contributed by atoms with E-state index in [0.717, 1.165) is 0 Å². The molecule has 0 amide bonds. The van der Waals surface area contributed by atoms with Crippen molar-refractivity contribution in [3.05, 3.63) is 10.4 Å². The number of nitrogens with zero attached hydrogens (tertiary/aromatic N) is 3. The van der Waals surface area contributed by atoms with E-state index in [0.29, 0.717) is 0 Å². The number of hydrogen-bond acceptors (Lipinski definition) is 2. The van der Waals surface area contributed by atoms with Crippen LogP contribution in [0.1, 0.15) is 0 Å². The van der Waals surface area contributed by atoms with Crippen LogP contribution in [-0.4, -0.2) is 7.11 Å². The molecule has 0 heterocycles. The lowest BCUT2D eigenvalue weighted by molar-refractivity contribution is 0.476. The van der Waals surface area contributed by atoms with Gasteiger partial charge in [0.25, 0.3) is 0 Å². The maximum absolute atomic E-state index is 7.58. The van der Waals surface area contributed by atoms with Gasteiger partial charge < -0.3 is 4.52 Å². The SMILES string of the molecule is COPN=[N+]=[N-]. The molecule has 0 N–H and O–H groups in total. The van der Waals surface area contributed by atoms with Crippen LogP contribution in [0.25, 0.3) is 10.4 Å². The fraction of sp³-hybridized carbons (Fsp3) is 1.00. The Labute approximate surface area is 37.0 Å². The molecule has 5 heteroatoms. The average molecular weight is 105 g/mol. The molecule has 1 atom stereocenters. The molecule has 0 aliphatic rings. The lowest BCUT2D eigenvalue weighted by Gasteiger charge is -1.77. The minimum atomic E-state index is -0.0768. The summed E-state index contributed by atoms with van der Waals surface area (Å²) in [6.07, 6.45) is 0. The summed E-state index contributed by atoms with van der Waals surface area (Å²) in [5.41, 5.74) is 7.58. The minimum Gasteiger partial charge on any atom is -0.359 e. The van der Waals surface area contributed by atoms with Gasteiger partial charge in [-0.3, -0.25) is 0 Å². The van der Waals surface area contributed by atoms with Crippen molar-refractivity contribution in [3.63, 3.8) is 0 Å². The highest BCUT2D eigenvalue weighted by molar-refractivity contribution is 7.30. The third-order valence-corrected chi connectivity index (χ3v) is 0.530. The topological polar surface area (TPSA) is 58.0 Å². The molecule has 0 aliphatic carbocycles. The summed E-state index contributed by atoms with van der Waals surface area (Å²) in [6, 6.07) is 0. The largest absolute Gasteiger partial charge is 0.359 e. The van der Waals surface area contributed by atoms with Crippen LogP contribution in [0.2, 0.25) is 0 Å². The molecule has 34 valence electrons. The summed E-state index contributed by atoms with van der Waals surface area (Å²) in [7, 11) is 1.40. The van der Waals surface area contributed by atoms with Gasteiger partial charge in [-0.05, 0) is 10.4 Å². The quantitative estimate of drug-likeness (QED) is 0.227. The van der Waals surface area contributed by atoms with E-state index in [4.69, 9.17) is 5.53 Å². The van der Waals surface area contributed by atoms with Crippen molar-refractivity contribution in [2.75, 3.05) is 7.11 Å². The maximum atomic E-state index is 7.58. The molecule has 0 saturated heterocycles. The fourth-order valence-corrected chi connectivity index (χ4v) is 0.177. The van der Waals surface area contributed by atoms with E-state index >= 15 is 0 Å². The lowest BCUT2D eigenvalue weighted by atomic mass is 11.8. The van der Waals surface area contributed by atoms with Gasteiger partial charge in [0.1, 0.15) is 8.96 Å². The number of azide groups is 1. The van der Waals surface area contributed by atoms with E-state index in [-0.39, 0.29) is 8.96 Å². The van der Waals surface area contributed by atoms with E-state index in [2.05, 4.69) is 14.3 Å². The van der Waals surface area contributed by atoms with Gasteiger partial charge in [0.05, 0.1) is 0 Å². The monoisotopic (exact) mass is 105 g/mol. The van der Waals surface area contributed by atoms with Crippen molar-refractivity contribution < 1.29 is 4.52 Å². The summed E-state index contributed by atoms with van der Waals surface area (Å²) in [4.78, 5) is 5.51. The highest BCUT2D eigenvalue weighted by Gasteiger charge is 1.63. The lowest BCUT2D eigenvalue weighted by Crippen LogP contribution is -1.48. The van der Waals surface area contributed by atoms with Crippen LogP contribution in [0.3, 0.4) is 0 Å². The van der Waals surface area contributed by atoms with E-state index in [1.165, 1.54) is 7.11 Å². The van der Waals surface area contributed by atoms with Gasteiger partial charge in [-0.1, -0.05) is 0 Å². The smallest absolute Gasteiger partial charge is 0.107 e. The second kappa shape index (κ2) is 4.70. The fourth-order valence-electron chi connectivity index (χ4n) is 0.0591. The molecule has 4 nitrogen and oxygen atoms in total. The van der Waals surface area contributed by atoms with Crippen molar-refractivity contribution in [2.45, 2.75) is 0 Å². The Balaban J connectivity index is 2.86. The zero-order chi connectivity index (χ0) is 4.83. The van der Waals surface area contributed by atoms with Crippen molar-refractivity contribution in [2.24, 2.45) is 4.88 Å². The number of rotatable bonds is 2. The minimum absolute atomic E-state index is 0.0768. The molecule has 0 aliphatic heterocycles. The van der Waals surface area contributed by atoms with Crippen LogP contribution < -0.4 is 0 Å². The molecule has 0 aromatic rings. The zero-order valence-corrected chi connectivity index (χ0v) is 4.25.